The quantitative estimate of drug-likeness (QED) is 0.520. The average molecular weight is 476 g/mol. The minimum atomic E-state index is -3.96. The third kappa shape index (κ3) is 5.13. The van der Waals surface area contributed by atoms with Gasteiger partial charge in [0, 0.05) is 12.3 Å². The maximum atomic E-state index is 12.5. The lowest BCUT2D eigenvalue weighted by molar-refractivity contribution is -0.115. The van der Waals surface area contributed by atoms with Crippen molar-refractivity contribution in [2.24, 2.45) is 5.14 Å². The van der Waals surface area contributed by atoms with Gasteiger partial charge in [-0.1, -0.05) is 18.2 Å². The lowest BCUT2D eigenvalue weighted by Crippen LogP contribution is -2.23. The minimum absolute atomic E-state index is 0.0892. The highest BCUT2D eigenvalue weighted by Crippen LogP contribution is 2.35. The second-order valence-electron chi connectivity index (χ2n) is 6.75. The van der Waals surface area contributed by atoms with Gasteiger partial charge in [-0.2, -0.15) is 0 Å². The van der Waals surface area contributed by atoms with Crippen LogP contribution in [0.3, 0.4) is 0 Å². The van der Waals surface area contributed by atoms with Gasteiger partial charge in [0.15, 0.2) is 5.13 Å². The van der Waals surface area contributed by atoms with Gasteiger partial charge in [-0.05, 0) is 36.8 Å². The summed E-state index contributed by atoms with van der Waals surface area (Å²) in [5.41, 5.74) is 1.60. The number of nitrogens with two attached hydrogens (primary N) is 1. The van der Waals surface area contributed by atoms with Crippen molar-refractivity contribution in [1.82, 2.24) is 4.98 Å². The molecule has 0 bridgehead atoms. The Hall–Kier alpha value is -3.28. The predicted octanol–water partition coefficient (Wildman–Crippen LogP) is 3.15. The molecule has 0 atom stereocenters. The van der Waals surface area contributed by atoms with Crippen LogP contribution >= 0.6 is 11.3 Å². The summed E-state index contributed by atoms with van der Waals surface area (Å²) in [6.07, 6.45) is 0. The first-order chi connectivity index (χ1) is 15.1. The monoisotopic (exact) mass is 475 g/mol. The second kappa shape index (κ2) is 9.47. The molecule has 0 unspecified atom stereocenters. The molecular weight excluding hydrogens is 454 g/mol. The zero-order valence-electron chi connectivity index (χ0n) is 17.6. The molecule has 1 heterocycles. The van der Waals surface area contributed by atoms with Gasteiger partial charge in [-0.15, -0.1) is 11.3 Å². The Morgan fingerprint density at radius 2 is 1.91 bits per heavy atom. The fraction of sp³-hybridized carbons (Fsp3) is 0.190. The molecular formula is C21H21N3O6S2. The standard InChI is InChI=1S/C21H21N3O6S2/c1-13-8-9-16(32(22,27)28)10-17(13)20(26)30-11-15-12-31-21(23-15)24(14(2)25)18-6-4-5-7-19(18)29-3/h4-10,12H,11H2,1-3H3,(H2,22,27,28). The summed E-state index contributed by atoms with van der Waals surface area (Å²) in [4.78, 5) is 30.5. The number of para-hydroxylation sites is 2. The van der Waals surface area contributed by atoms with Crippen LogP contribution in [-0.4, -0.2) is 32.4 Å². The summed E-state index contributed by atoms with van der Waals surface area (Å²) >= 11 is 1.21. The van der Waals surface area contributed by atoms with Gasteiger partial charge in [0.2, 0.25) is 15.9 Å². The Bertz CT molecular complexity index is 1270. The summed E-state index contributed by atoms with van der Waals surface area (Å²) in [7, 11) is -2.44. The van der Waals surface area contributed by atoms with E-state index in [1.54, 1.807) is 36.6 Å². The Morgan fingerprint density at radius 1 is 1.19 bits per heavy atom. The number of thiazole rings is 1. The van der Waals surface area contributed by atoms with Crippen LogP contribution in [0.25, 0.3) is 0 Å². The second-order valence-corrected chi connectivity index (χ2v) is 9.14. The first kappa shape index (κ1) is 23.4. The number of anilines is 2. The molecule has 3 rings (SSSR count). The molecule has 3 aromatic rings. The lowest BCUT2D eigenvalue weighted by atomic mass is 10.1. The van der Waals surface area contributed by atoms with Crippen molar-refractivity contribution >= 4 is 44.1 Å². The number of sulfonamides is 1. The van der Waals surface area contributed by atoms with E-state index >= 15 is 0 Å². The summed E-state index contributed by atoms with van der Waals surface area (Å²) in [6.45, 7) is 2.91. The molecule has 0 saturated carbocycles. The SMILES string of the molecule is COc1ccccc1N(C(C)=O)c1nc(COC(=O)c2cc(S(N)(=O)=O)ccc2C)cs1. The summed E-state index contributed by atoms with van der Waals surface area (Å²) in [5.74, 6) is -0.463. The van der Waals surface area contributed by atoms with Gasteiger partial charge >= 0.3 is 5.97 Å². The summed E-state index contributed by atoms with van der Waals surface area (Å²) in [6, 6.07) is 11.0. The van der Waals surface area contributed by atoms with Gasteiger partial charge in [0.05, 0.1) is 29.0 Å². The highest BCUT2D eigenvalue weighted by molar-refractivity contribution is 7.89. The van der Waals surface area contributed by atoms with Crippen molar-refractivity contribution in [2.75, 3.05) is 12.0 Å². The number of hydrogen-bond donors (Lipinski definition) is 1. The van der Waals surface area contributed by atoms with E-state index in [2.05, 4.69) is 4.98 Å². The average Bonchev–Trinajstić information content (AvgIpc) is 3.20. The van der Waals surface area contributed by atoms with E-state index in [4.69, 9.17) is 14.6 Å². The van der Waals surface area contributed by atoms with Crippen LogP contribution in [0.4, 0.5) is 10.8 Å². The molecule has 0 aliphatic rings. The van der Waals surface area contributed by atoms with Crippen LogP contribution in [0.1, 0.15) is 28.5 Å². The van der Waals surface area contributed by atoms with Gasteiger partial charge in [0.1, 0.15) is 12.4 Å². The molecule has 0 saturated heterocycles. The Balaban J connectivity index is 1.79. The third-order valence-electron chi connectivity index (χ3n) is 4.48. The molecule has 32 heavy (non-hydrogen) atoms. The van der Waals surface area contributed by atoms with Crippen LogP contribution in [0.15, 0.2) is 52.7 Å². The van der Waals surface area contributed by atoms with E-state index in [1.165, 1.54) is 48.5 Å². The van der Waals surface area contributed by atoms with Gasteiger partial charge < -0.3 is 9.47 Å². The molecule has 11 heteroatoms. The Morgan fingerprint density at radius 3 is 2.56 bits per heavy atom. The maximum Gasteiger partial charge on any atom is 0.338 e. The maximum absolute atomic E-state index is 12.5. The predicted molar refractivity (Wildman–Crippen MR) is 120 cm³/mol. The highest BCUT2D eigenvalue weighted by atomic mass is 32.2. The van der Waals surface area contributed by atoms with Crippen molar-refractivity contribution in [3.8, 4) is 5.75 Å². The number of methoxy groups -OCH3 is 1. The normalized spacial score (nSPS) is 11.1. The van der Waals surface area contributed by atoms with Crippen molar-refractivity contribution in [2.45, 2.75) is 25.3 Å². The number of hydrogen-bond acceptors (Lipinski definition) is 8. The van der Waals surface area contributed by atoms with E-state index < -0.39 is 16.0 Å². The van der Waals surface area contributed by atoms with Crippen LogP contribution in [-0.2, 0) is 26.2 Å². The number of amides is 1. The van der Waals surface area contributed by atoms with Crippen LogP contribution in [0.2, 0.25) is 0 Å². The molecule has 168 valence electrons. The number of esters is 1. The van der Waals surface area contributed by atoms with Crippen molar-refractivity contribution in [3.63, 3.8) is 0 Å². The first-order valence-corrected chi connectivity index (χ1v) is 11.7. The Kier molecular flexibility index (Phi) is 6.92. The summed E-state index contributed by atoms with van der Waals surface area (Å²) < 4.78 is 33.8. The molecule has 1 amide bonds. The van der Waals surface area contributed by atoms with Gasteiger partial charge in [-0.25, -0.2) is 23.3 Å². The number of nitrogens with zero attached hydrogens (tertiary/aromatic N) is 2. The van der Waals surface area contributed by atoms with E-state index in [9.17, 15) is 18.0 Å². The number of carbonyl (C=O) groups is 2. The molecule has 1 aromatic heterocycles. The van der Waals surface area contributed by atoms with Crippen molar-refractivity contribution in [1.29, 1.82) is 0 Å². The molecule has 0 aliphatic carbocycles. The number of carbonyl (C=O) groups excluding carboxylic acids is 2. The molecule has 0 radical (unpaired) electrons. The van der Waals surface area contributed by atoms with Crippen molar-refractivity contribution in [3.05, 3.63) is 64.7 Å². The number of aromatic nitrogens is 1. The molecule has 0 aliphatic heterocycles. The fourth-order valence-electron chi connectivity index (χ4n) is 2.90. The van der Waals surface area contributed by atoms with Crippen LogP contribution in [0, 0.1) is 6.92 Å². The molecule has 9 nitrogen and oxygen atoms in total. The zero-order valence-corrected chi connectivity index (χ0v) is 19.2. The van der Waals surface area contributed by atoms with E-state index in [0.29, 0.717) is 27.8 Å². The topological polar surface area (TPSA) is 129 Å². The minimum Gasteiger partial charge on any atom is -0.495 e. The molecule has 0 fully saturated rings. The smallest absolute Gasteiger partial charge is 0.338 e. The van der Waals surface area contributed by atoms with Gasteiger partial charge in [0.25, 0.3) is 0 Å². The highest BCUT2D eigenvalue weighted by Gasteiger charge is 2.22. The fourth-order valence-corrected chi connectivity index (χ4v) is 4.31. The van der Waals surface area contributed by atoms with Crippen LogP contribution in [0.5, 0.6) is 5.75 Å². The molecule has 2 N–H and O–H groups in total. The molecule has 2 aromatic carbocycles. The zero-order chi connectivity index (χ0) is 23.5. The number of ether oxygens (including phenoxy) is 2. The lowest BCUT2D eigenvalue weighted by Gasteiger charge is -2.20. The van der Waals surface area contributed by atoms with E-state index in [-0.39, 0.29) is 23.0 Å². The Labute approximate surface area is 189 Å². The summed E-state index contributed by atoms with van der Waals surface area (Å²) in [5, 5.41) is 7.19. The number of aryl methyl sites for hydroxylation is 1. The van der Waals surface area contributed by atoms with Gasteiger partial charge in [-0.3, -0.25) is 9.69 Å². The van der Waals surface area contributed by atoms with Crippen molar-refractivity contribution < 1.29 is 27.5 Å². The van der Waals surface area contributed by atoms with E-state index in [0.717, 1.165) is 0 Å². The number of primary sulfonamides is 1. The number of benzene rings is 2. The molecule has 0 spiro atoms. The largest absolute Gasteiger partial charge is 0.495 e. The number of rotatable bonds is 7. The van der Waals surface area contributed by atoms with E-state index in [1.807, 2.05) is 0 Å². The van der Waals surface area contributed by atoms with Crippen LogP contribution < -0.4 is 14.8 Å². The first-order valence-electron chi connectivity index (χ1n) is 9.30. The third-order valence-corrected chi connectivity index (χ3v) is 6.27.